The van der Waals surface area contributed by atoms with Gasteiger partial charge in [0.25, 0.3) is 0 Å². The Kier molecular flexibility index (Phi) is 8.93. The number of carboxylic acid groups (broad SMARTS) is 1. The molecular formula is C6H13O4Rb. The monoisotopic (exact) mass is 234 g/mol. The first kappa shape index (κ1) is 14.7. The minimum atomic E-state index is -1.35. The van der Waals surface area contributed by atoms with E-state index in [2.05, 4.69) is 0 Å². The van der Waals surface area contributed by atoms with Gasteiger partial charge in [-0.15, -0.1) is 0 Å². The molecule has 3 N–H and O–H groups in total. The number of hydrogen-bond acceptors (Lipinski definition) is 3. The summed E-state index contributed by atoms with van der Waals surface area (Å²) in [7, 11) is 0. The molecule has 0 aromatic carbocycles. The fourth-order valence-corrected chi connectivity index (χ4v) is 0.560. The molecule has 0 aliphatic carbocycles. The molecule has 0 aliphatic heterocycles. The number of carbonyl (C=O) groups is 1. The Morgan fingerprint density at radius 3 is 1.82 bits per heavy atom. The predicted molar refractivity (Wildman–Crippen MR) is 35.6 cm³/mol. The van der Waals surface area contributed by atoms with Gasteiger partial charge in [-0.2, -0.15) is 0 Å². The Morgan fingerprint density at radius 1 is 1.45 bits per heavy atom. The van der Waals surface area contributed by atoms with Crippen molar-refractivity contribution >= 4 is 5.97 Å². The van der Waals surface area contributed by atoms with E-state index < -0.39 is 24.6 Å². The van der Waals surface area contributed by atoms with Crippen LogP contribution in [0.4, 0.5) is 0 Å². The number of aliphatic hydroxyl groups excluding tert-OH is 2. The number of aliphatic hydroxyl groups is 2. The topological polar surface area (TPSA) is 77.8 Å². The molecular weight excluding hydrogens is 222 g/mol. The second-order valence-corrected chi connectivity index (χ2v) is 2.26. The molecule has 0 aromatic rings. The first-order valence-corrected chi connectivity index (χ1v) is 3.08. The number of aliphatic carboxylic acids is 1. The van der Waals surface area contributed by atoms with E-state index in [1.165, 1.54) is 0 Å². The molecule has 11 heavy (non-hydrogen) atoms. The molecule has 0 radical (unpaired) electrons. The summed E-state index contributed by atoms with van der Waals surface area (Å²) in [6.07, 6.45) is 0.231. The van der Waals surface area contributed by atoms with Crippen molar-refractivity contribution < 1.29 is 79.7 Å². The number of rotatable bonds is 4. The largest absolute Gasteiger partial charge is 1.00 e. The van der Waals surface area contributed by atoms with E-state index in [4.69, 9.17) is 15.3 Å². The van der Waals surface area contributed by atoms with Crippen LogP contribution in [0, 0.1) is 5.41 Å². The predicted octanol–water partition coefficient (Wildman–Crippen LogP) is -3.43. The number of hydrogen-bond donors (Lipinski definition) is 3. The van der Waals surface area contributed by atoms with Gasteiger partial charge in [-0.05, 0) is 6.42 Å². The van der Waals surface area contributed by atoms with Crippen LogP contribution in [-0.2, 0) is 4.79 Å². The Bertz CT molecular complexity index is 118. The molecule has 0 atom stereocenters. The van der Waals surface area contributed by atoms with Gasteiger partial charge in [0.2, 0.25) is 0 Å². The van der Waals surface area contributed by atoms with Crippen molar-refractivity contribution in [2.45, 2.75) is 13.3 Å². The van der Waals surface area contributed by atoms with E-state index in [1.807, 2.05) is 0 Å². The van der Waals surface area contributed by atoms with Crippen molar-refractivity contribution in [3.05, 3.63) is 0 Å². The maximum absolute atomic E-state index is 10.4. The average molecular weight is 235 g/mol. The fourth-order valence-electron chi connectivity index (χ4n) is 0.560. The van der Waals surface area contributed by atoms with Gasteiger partial charge in [-0.1, -0.05) is 6.92 Å². The average Bonchev–Trinajstić information content (AvgIpc) is 1.92. The quantitative estimate of drug-likeness (QED) is 0.473. The van der Waals surface area contributed by atoms with E-state index in [0.29, 0.717) is 0 Å². The summed E-state index contributed by atoms with van der Waals surface area (Å²) < 4.78 is 0. The summed E-state index contributed by atoms with van der Waals surface area (Å²) in [5, 5.41) is 25.7. The smallest absolute Gasteiger partial charge is 1.00 e. The van der Waals surface area contributed by atoms with Gasteiger partial charge >= 0.3 is 64.2 Å². The first-order valence-electron chi connectivity index (χ1n) is 3.08. The van der Waals surface area contributed by atoms with Gasteiger partial charge < -0.3 is 16.7 Å². The molecule has 0 saturated heterocycles. The van der Waals surface area contributed by atoms with E-state index in [0.717, 1.165) is 0 Å². The molecule has 0 amide bonds. The molecule has 0 unspecified atom stereocenters. The molecule has 0 fully saturated rings. The van der Waals surface area contributed by atoms with Crippen molar-refractivity contribution in [1.82, 2.24) is 0 Å². The summed E-state index contributed by atoms with van der Waals surface area (Å²) in [6, 6.07) is 0. The Labute approximate surface area is 116 Å². The third kappa shape index (κ3) is 3.61. The normalized spacial score (nSPS) is 10.5. The second kappa shape index (κ2) is 6.68. The van der Waals surface area contributed by atoms with Gasteiger partial charge in [0.1, 0.15) is 5.41 Å². The zero-order valence-corrected chi connectivity index (χ0v) is 11.8. The van der Waals surface area contributed by atoms with Gasteiger partial charge in [0, 0.05) is 0 Å². The van der Waals surface area contributed by atoms with Crippen LogP contribution in [-0.4, -0.2) is 34.5 Å². The molecule has 62 valence electrons. The molecule has 0 aliphatic rings. The molecule has 4 nitrogen and oxygen atoms in total. The summed E-state index contributed by atoms with van der Waals surface area (Å²) in [5.41, 5.74) is -1.35. The van der Waals surface area contributed by atoms with Gasteiger partial charge in [-0.3, -0.25) is 4.79 Å². The van der Waals surface area contributed by atoms with Crippen molar-refractivity contribution in [2.75, 3.05) is 13.2 Å². The van der Waals surface area contributed by atoms with Crippen LogP contribution in [0.3, 0.4) is 0 Å². The fraction of sp³-hybridized carbons (Fsp3) is 0.833. The van der Waals surface area contributed by atoms with Crippen LogP contribution in [0.1, 0.15) is 14.8 Å². The SMILES string of the molecule is CCC(CO)(CO)C(=O)O.[H-].[Rb+]. The molecule has 0 heterocycles. The van der Waals surface area contributed by atoms with Crippen LogP contribution in [0.2, 0.25) is 0 Å². The van der Waals surface area contributed by atoms with Crippen LogP contribution < -0.4 is 58.2 Å². The minimum absolute atomic E-state index is 0. The maximum atomic E-state index is 10.4. The standard InChI is InChI=1S/C6H12O4.Rb.H/c1-2-6(3-7,4-8)5(9)10;;/h7-8H,2-4H2,1H3,(H,9,10);;/q;+1;-1. The summed E-state index contributed by atoms with van der Waals surface area (Å²) in [5.74, 6) is -1.15. The molecule has 0 rings (SSSR count). The van der Waals surface area contributed by atoms with Gasteiger partial charge in [-0.25, -0.2) is 0 Å². The summed E-state index contributed by atoms with van der Waals surface area (Å²) in [6.45, 7) is 0.575. The van der Waals surface area contributed by atoms with Gasteiger partial charge in [0.15, 0.2) is 0 Å². The Morgan fingerprint density at radius 2 is 1.82 bits per heavy atom. The van der Waals surface area contributed by atoms with Crippen molar-refractivity contribution in [3.63, 3.8) is 0 Å². The zero-order chi connectivity index (χ0) is 8.20. The Balaban J connectivity index is -0.000000405. The van der Waals surface area contributed by atoms with Crippen LogP contribution in [0.5, 0.6) is 0 Å². The van der Waals surface area contributed by atoms with Crippen molar-refractivity contribution in [2.24, 2.45) is 5.41 Å². The minimum Gasteiger partial charge on any atom is -1.00 e. The maximum Gasteiger partial charge on any atom is 1.00 e. The van der Waals surface area contributed by atoms with Crippen molar-refractivity contribution in [3.8, 4) is 0 Å². The molecule has 0 saturated carbocycles. The molecule has 0 aromatic heterocycles. The van der Waals surface area contributed by atoms with Crippen molar-refractivity contribution in [1.29, 1.82) is 0 Å². The molecule has 5 heteroatoms. The van der Waals surface area contributed by atoms with Crippen LogP contribution >= 0.6 is 0 Å². The van der Waals surface area contributed by atoms with Gasteiger partial charge in [0.05, 0.1) is 13.2 Å². The second-order valence-electron chi connectivity index (χ2n) is 2.26. The first-order chi connectivity index (χ1) is 4.63. The van der Waals surface area contributed by atoms with E-state index in [9.17, 15) is 4.79 Å². The molecule has 0 bridgehead atoms. The zero-order valence-electron chi connectivity index (χ0n) is 7.87. The summed E-state index contributed by atoms with van der Waals surface area (Å²) >= 11 is 0. The van der Waals surface area contributed by atoms with Crippen LogP contribution in [0.25, 0.3) is 0 Å². The van der Waals surface area contributed by atoms with E-state index in [-0.39, 0.29) is 66.0 Å². The third-order valence-electron chi connectivity index (χ3n) is 1.74. The third-order valence-corrected chi connectivity index (χ3v) is 1.74. The number of carboxylic acids is 1. The van der Waals surface area contributed by atoms with E-state index >= 15 is 0 Å². The summed E-state index contributed by atoms with van der Waals surface area (Å²) in [4.78, 5) is 10.4. The van der Waals surface area contributed by atoms with E-state index in [1.54, 1.807) is 6.92 Å². The Hall–Kier alpha value is 1.20. The van der Waals surface area contributed by atoms with Crippen LogP contribution in [0.15, 0.2) is 0 Å². The molecule has 0 spiro atoms.